The molecule has 0 amide bonds. The van der Waals surface area contributed by atoms with Crippen LogP contribution in [0.2, 0.25) is 0 Å². The Bertz CT molecular complexity index is 278. The summed E-state index contributed by atoms with van der Waals surface area (Å²) in [4.78, 5) is 0. The van der Waals surface area contributed by atoms with E-state index in [0.717, 1.165) is 30.9 Å². The van der Waals surface area contributed by atoms with E-state index in [-0.39, 0.29) is 5.60 Å². The zero-order valence-electron chi connectivity index (χ0n) is 11.4. The quantitative estimate of drug-likeness (QED) is 0.837. The lowest BCUT2D eigenvalue weighted by Gasteiger charge is -2.44. The molecule has 1 aliphatic carbocycles. The molecule has 1 spiro atoms. The van der Waals surface area contributed by atoms with Gasteiger partial charge < -0.3 is 10.5 Å². The first-order chi connectivity index (χ1) is 8.83. The van der Waals surface area contributed by atoms with E-state index in [2.05, 4.69) is 11.8 Å². The van der Waals surface area contributed by atoms with Gasteiger partial charge in [0.25, 0.3) is 0 Å². The molecule has 18 heavy (non-hydrogen) atoms. The number of rotatable bonds is 2. The van der Waals surface area contributed by atoms with Crippen LogP contribution in [0.15, 0.2) is 0 Å². The first-order valence-corrected chi connectivity index (χ1v) is 8.90. The molecule has 0 aromatic heterocycles. The second kappa shape index (κ2) is 5.72. The van der Waals surface area contributed by atoms with Crippen LogP contribution in [0, 0.1) is 17.8 Å². The van der Waals surface area contributed by atoms with E-state index in [4.69, 9.17) is 10.5 Å². The average Bonchev–Trinajstić information content (AvgIpc) is 2.86. The molecule has 4 atom stereocenters. The summed E-state index contributed by atoms with van der Waals surface area (Å²) in [5, 5.41) is 0. The summed E-state index contributed by atoms with van der Waals surface area (Å²) in [6, 6.07) is 0. The first-order valence-electron chi connectivity index (χ1n) is 7.75. The standard InChI is InChI=1S/C15H27NOS/c16-10-13-3-1-2-4-14(13)12-5-7-17-15(9-12)6-8-18-11-15/h12-14H,1-11,16H2. The van der Waals surface area contributed by atoms with Gasteiger partial charge in [0.15, 0.2) is 0 Å². The molecule has 2 heterocycles. The summed E-state index contributed by atoms with van der Waals surface area (Å²) < 4.78 is 6.16. The molecule has 104 valence electrons. The van der Waals surface area contributed by atoms with Crippen molar-refractivity contribution >= 4 is 11.8 Å². The number of nitrogens with two attached hydrogens (primary N) is 1. The van der Waals surface area contributed by atoms with Gasteiger partial charge in [-0.2, -0.15) is 11.8 Å². The van der Waals surface area contributed by atoms with Crippen LogP contribution in [0.3, 0.4) is 0 Å². The van der Waals surface area contributed by atoms with Crippen molar-refractivity contribution in [1.82, 2.24) is 0 Å². The highest BCUT2D eigenvalue weighted by Gasteiger charge is 2.43. The molecular formula is C15H27NOS. The van der Waals surface area contributed by atoms with Crippen molar-refractivity contribution in [2.45, 2.75) is 50.5 Å². The molecule has 2 aliphatic heterocycles. The van der Waals surface area contributed by atoms with Crippen molar-refractivity contribution in [2.75, 3.05) is 24.7 Å². The molecule has 2 nitrogen and oxygen atoms in total. The van der Waals surface area contributed by atoms with Crippen molar-refractivity contribution < 1.29 is 4.74 Å². The number of thioether (sulfide) groups is 1. The zero-order valence-corrected chi connectivity index (χ0v) is 12.2. The highest BCUT2D eigenvalue weighted by atomic mass is 32.2. The van der Waals surface area contributed by atoms with Crippen LogP contribution >= 0.6 is 11.8 Å². The van der Waals surface area contributed by atoms with E-state index in [1.165, 1.54) is 56.5 Å². The molecule has 3 fully saturated rings. The Balaban J connectivity index is 1.67. The van der Waals surface area contributed by atoms with Gasteiger partial charge in [0, 0.05) is 12.4 Å². The van der Waals surface area contributed by atoms with E-state index >= 15 is 0 Å². The van der Waals surface area contributed by atoms with Crippen LogP contribution in [0.4, 0.5) is 0 Å². The van der Waals surface area contributed by atoms with E-state index < -0.39 is 0 Å². The van der Waals surface area contributed by atoms with Gasteiger partial charge in [0.1, 0.15) is 0 Å². The number of ether oxygens (including phenoxy) is 1. The van der Waals surface area contributed by atoms with E-state index in [0.29, 0.717) is 0 Å². The molecule has 3 aliphatic rings. The lowest BCUT2D eigenvalue weighted by molar-refractivity contribution is -0.0963. The Hall–Kier alpha value is 0.270. The van der Waals surface area contributed by atoms with Crippen LogP contribution in [0.5, 0.6) is 0 Å². The monoisotopic (exact) mass is 269 g/mol. The Morgan fingerprint density at radius 3 is 2.89 bits per heavy atom. The maximum atomic E-state index is 6.16. The highest BCUT2D eigenvalue weighted by molar-refractivity contribution is 7.99. The normalized spacial score (nSPS) is 45.5. The van der Waals surface area contributed by atoms with Crippen LogP contribution in [0.1, 0.15) is 44.9 Å². The second-order valence-corrected chi connectivity index (χ2v) is 7.64. The molecule has 0 aromatic carbocycles. The Labute approximate surface area is 115 Å². The minimum absolute atomic E-state index is 0.254. The molecule has 3 heteroatoms. The summed E-state index contributed by atoms with van der Waals surface area (Å²) in [6.45, 7) is 1.91. The molecular weight excluding hydrogens is 242 g/mol. The minimum Gasteiger partial charge on any atom is -0.374 e. The summed E-state index contributed by atoms with van der Waals surface area (Å²) in [5.74, 6) is 5.13. The molecule has 1 saturated carbocycles. The predicted molar refractivity (Wildman–Crippen MR) is 77.9 cm³/mol. The van der Waals surface area contributed by atoms with Gasteiger partial charge in [-0.1, -0.05) is 12.8 Å². The SMILES string of the molecule is NCC1CCCCC1C1CCOC2(CCSC2)C1. The summed E-state index contributed by atoms with van der Waals surface area (Å²) in [5.41, 5.74) is 6.26. The zero-order chi connectivity index (χ0) is 12.4. The molecule has 2 N–H and O–H groups in total. The van der Waals surface area contributed by atoms with Crippen molar-refractivity contribution in [3.8, 4) is 0 Å². The van der Waals surface area contributed by atoms with E-state index in [1.807, 2.05) is 0 Å². The fraction of sp³-hybridized carbons (Fsp3) is 1.00. The molecule has 0 aromatic rings. The van der Waals surface area contributed by atoms with Crippen LogP contribution in [-0.4, -0.2) is 30.3 Å². The third-order valence-corrected chi connectivity index (χ3v) is 6.70. The molecule has 3 rings (SSSR count). The maximum absolute atomic E-state index is 6.16. The van der Waals surface area contributed by atoms with Crippen LogP contribution in [-0.2, 0) is 4.74 Å². The summed E-state index contributed by atoms with van der Waals surface area (Å²) >= 11 is 2.08. The molecule has 4 unspecified atom stereocenters. The van der Waals surface area contributed by atoms with Crippen molar-refractivity contribution in [2.24, 2.45) is 23.5 Å². The maximum Gasteiger partial charge on any atom is 0.0783 e. The lowest BCUT2D eigenvalue weighted by Crippen LogP contribution is -2.44. The fourth-order valence-electron chi connectivity index (χ4n) is 4.44. The minimum atomic E-state index is 0.254. The topological polar surface area (TPSA) is 35.2 Å². The molecule has 0 bridgehead atoms. The first kappa shape index (κ1) is 13.3. The Morgan fingerprint density at radius 2 is 2.11 bits per heavy atom. The lowest BCUT2D eigenvalue weighted by atomic mass is 9.67. The third kappa shape index (κ3) is 2.59. The van der Waals surface area contributed by atoms with Crippen molar-refractivity contribution in [1.29, 1.82) is 0 Å². The Morgan fingerprint density at radius 1 is 1.22 bits per heavy atom. The molecule has 0 radical (unpaired) electrons. The molecule has 2 saturated heterocycles. The average molecular weight is 269 g/mol. The van der Waals surface area contributed by atoms with Gasteiger partial charge in [0.2, 0.25) is 0 Å². The van der Waals surface area contributed by atoms with Gasteiger partial charge in [-0.15, -0.1) is 0 Å². The largest absolute Gasteiger partial charge is 0.374 e. The van der Waals surface area contributed by atoms with E-state index in [1.54, 1.807) is 0 Å². The van der Waals surface area contributed by atoms with Gasteiger partial charge in [-0.05, 0) is 62.2 Å². The van der Waals surface area contributed by atoms with Crippen LogP contribution in [0.25, 0.3) is 0 Å². The van der Waals surface area contributed by atoms with Gasteiger partial charge in [0.05, 0.1) is 5.60 Å². The Kier molecular flexibility index (Phi) is 4.21. The third-order valence-electron chi connectivity index (χ3n) is 5.47. The number of hydrogen-bond donors (Lipinski definition) is 1. The number of hydrogen-bond acceptors (Lipinski definition) is 3. The summed E-state index contributed by atoms with van der Waals surface area (Å²) in [6.07, 6.45) is 9.53. The van der Waals surface area contributed by atoms with Gasteiger partial charge >= 0.3 is 0 Å². The van der Waals surface area contributed by atoms with E-state index in [9.17, 15) is 0 Å². The van der Waals surface area contributed by atoms with Crippen molar-refractivity contribution in [3.05, 3.63) is 0 Å². The highest BCUT2D eigenvalue weighted by Crippen LogP contribution is 2.46. The summed E-state index contributed by atoms with van der Waals surface area (Å²) in [7, 11) is 0. The van der Waals surface area contributed by atoms with Crippen molar-refractivity contribution in [3.63, 3.8) is 0 Å². The van der Waals surface area contributed by atoms with Gasteiger partial charge in [-0.25, -0.2) is 0 Å². The van der Waals surface area contributed by atoms with Gasteiger partial charge in [-0.3, -0.25) is 0 Å². The van der Waals surface area contributed by atoms with Crippen LogP contribution < -0.4 is 5.73 Å². The fourth-order valence-corrected chi connectivity index (χ4v) is 5.82. The predicted octanol–water partition coefficient (Wildman–Crippen LogP) is 3.05. The smallest absolute Gasteiger partial charge is 0.0783 e. The second-order valence-electron chi connectivity index (χ2n) is 6.53.